The molecule has 0 aromatic carbocycles. The van der Waals surface area contributed by atoms with Gasteiger partial charge in [0, 0.05) is 18.5 Å². The molecular formula is C13H19N5OS. The zero-order chi connectivity index (χ0) is 14.4. The maximum Gasteiger partial charge on any atom is 0.323 e. The average Bonchev–Trinajstić information content (AvgIpc) is 2.92. The van der Waals surface area contributed by atoms with Crippen LogP contribution in [0.4, 0.5) is 11.9 Å². The summed E-state index contributed by atoms with van der Waals surface area (Å²) in [6.45, 7) is 5.96. The first-order valence-corrected chi connectivity index (χ1v) is 7.47. The van der Waals surface area contributed by atoms with E-state index < -0.39 is 0 Å². The van der Waals surface area contributed by atoms with Gasteiger partial charge in [0.25, 0.3) is 0 Å². The summed E-state index contributed by atoms with van der Waals surface area (Å²) in [5.41, 5.74) is 0. The number of aromatic nitrogens is 3. The van der Waals surface area contributed by atoms with Gasteiger partial charge in [0.05, 0.1) is 13.2 Å². The first kappa shape index (κ1) is 14.5. The number of rotatable bonds is 7. The van der Waals surface area contributed by atoms with Crippen LogP contribution in [0.3, 0.4) is 0 Å². The van der Waals surface area contributed by atoms with Gasteiger partial charge in [-0.05, 0) is 25.3 Å². The van der Waals surface area contributed by atoms with Crippen LogP contribution in [-0.4, -0.2) is 35.2 Å². The number of nitrogens with one attached hydrogen (secondary N) is 1. The molecule has 0 unspecified atom stereocenters. The van der Waals surface area contributed by atoms with E-state index in [-0.39, 0.29) is 0 Å². The summed E-state index contributed by atoms with van der Waals surface area (Å²) in [5, 5.41) is 5.16. The molecule has 2 aromatic heterocycles. The molecule has 0 aliphatic carbocycles. The van der Waals surface area contributed by atoms with Gasteiger partial charge < -0.3 is 15.0 Å². The third-order valence-corrected chi connectivity index (χ3v) is 3.39. The predicted molar refractivity (Wildman–Crippen MR) is 81.6 cm³/mol. The Kier molecular flexibility index (Phi) is 5.11. The van der Waals surface area contributed by atoms with E-state index in [9.17, 15) is 0 Å². The minimum Gasteiger partial charge on any atom is -0.464 e. The van der Waals surface area contributed by atoms with Gasteiger partial charge in [-0.3, -0.25) is 0 Å². The molecule has 2 aromatic rings. The molecule has 0 aliphatic heterocycles. The average molecular weight is 293 g/mol. The van der Waals surface area contributed by atoms with Gasteiger partial charge in [-0.15, -0.1) is 11.3 Å². The van der Waals surface area contributed by atoms with Crippen molar-refractivity contribution < 1.29 is 4.74 Å². The van der Waals surface area contributed by atoms with Crippen molar-refractivity contribution in [2.45, 2.75) is 20.4 Å². The Bertz CT molecular complexity index is 507. The lowest BCUT2D eigenvalue weighted by Crippen LogP contribution is -2.20. The summed E-state index contributed by atoms with van der Waals surface area (Å²) in [4.78, 5) is 16.2. The highest BCUT2D eigenvalue weighted by atomic mass is 32.1. The molecule has 0 saturated heterocycles. The van der Waals surface area contributed by atoms with Crippen LogP contribution in [0, 0.1) is 0 Å². The first-order valence-electron chi connectivity index (χ1n) is 6.59. The van der Waals surface area contributed by atoms with Crippen LogP contribution < -0.4 is 15.0 Å². The summed E-state index contributed by atoms with van der Waals surface area (Å²) in [7, 11) is 1.96. The van der Waals surface area contributed by atoms with Crippen molar-refractivity contribution in [2.24, 2.45) is 0 Å². The van der Waals surface area contributed by atoms with Gasteiger partial charge in [0.2, 0.25) is 11.9 Å². The van der Waals surface area contributed by atoms with Crippen LogP contribution in [0.1, 0.15) is 18.7 Å². The Morgan fingerprint density at radius 3 is 2.80 bits per heavy atom. The number of ether oxygens (including phenoxy) is 1. The van der Waals surface area contributed by atoms with E-state index in [0.29, 0.717) is 24.5 Å². The van der Waals surface area contributed by atoms with Crippen LogP contribution in [0.5, 0.6) is 6.01 Å². The fraction of sp³-hybridized carbons (Fsp3) is 0.462. The highest BCUT2D eigenvalue weighted by molar-refractivity contribution is 7.09. The molecule has 0 spiro atoms. The molecular weight excluding hydrogens is 274 g/mol. The highest BCUT2D eigenvalue weighted by Crippen LogP contribution is 2.18. The minimum absolute atomic E-state index is 0.353. The fourth-order valence-corrected chi connectivity index (χ4v) is 2.41. The second-order valence-corrected chi connectivity index (χ2v) is 5.17. The van der Waals surface area contributed by atoms with Crippen molar-refractivity contribution >= 4 is 23.2 Å². The van der Waals surface area contributed by atoms with E-state index in [0.717, 1.165) is 13.1 Å². The van der Waals surface area contributed by atoms with Gasteiger partial charge in [0.15, 0.2) is 0 Å². The fourth-order valence-electron chi connectivity index (χ4n) is 1.65. The number of anilines is 2. The van der Waals surface area contributed by atoms with Crippen LogP contribution in [0.25, 0.3) is 0 Å². The quantitative estimate of drug-likeness (QED) is 0.845. The van der Waals surface area contributed by atoms with Gasteiger partial charge in [0.1, 0.15) is 0 Å². The highest BCUT2D eigenvalue weighted by Gasteiger charge is 2.11. The molecule has 0 bridgehead atoms. The molecule has 20 heavy (non-hydrogen) atoms. The molecule has 0 fully saturated rings. The van der Waals surface area contributed by atoms with E-state index in [1.54, 1.807) is 11.3 Å². The molecule has 0 saturated carbocycles. The standard InChI is InChI=1S/C13H19N5OS/c1-4-14-11-15-12(17-13(16-11)19-5-2)18(3)9-10-7-6-8-20-10/h6-8H,4-5,9H2,1-3H3,(H,14,15,16,17). The monoisotopic (exact) mass is 293 g/mol. The Morgan fingerprint density at radius 1 is 1.30 bits per heavy atom. The Balaban J connectivity index is 2.19. The largest absolute Gasteiger partial charge is 0.464 e. The van der Waals surface area contributed by atoms with Crippen molar-refractivity contribution in [3.63, 3.8) is 0 Å². The summed E-state index contributed by atoms with van der Waals surface area (Å²) < 4.78 is 5.39. The van der Waals surface area contributed by atoms with Gasteiger partial charge in [-0.1, -0.05) is 6.07 Å². The van der Waals surface area contributed by atoms with E-state index >= 15 is 0 Å². The summed E-state index contributed by atoms with van der Waals surface area (Å²) >= 11 is 1.72. The van der Waals surface area contributed by atoms with E-state index in [2.05, 4.69) is 31.7 Å². The van der Waals surface area contributed by atoms with Crippen molar-refractivity contribution in [1.82, 2.24) is 15.0 Å². The van der Waals surface area contributed by atoms with E-state index in [1.165, 1.54) is 4.88 Å². The lowest BCUT2D eigenvalue weighted by molar-refractivity contribution is 0.312. The number of hydrogen-bond acceptors (Lipinski definition) is 7. The number of nitrogens with zero attached hydrogens (tertiary/aromatic N) is 4. The molecule has 7 heteroatoms. The molecule has 0 amide bonds. The summed E-state index contributed by atoms with van der Waals surface area (Å²) in [6, 6.07) is 4.49. The van der Waals surface area contributed by atoms with Crippen molar-refractivity contribution in [1.29, 1.82) is 0 Å². The minimum atomic E-state index is 0.353. The van der Waals surface area contributed by atoms with Gasteiger partial charge >= 0.3 is 6.01 Å². The molecule has 0 atom stereocenters. The van der Waals surface area contributed by atoms with Crippen LogP contribution >= 0.6 is 11.3 Å². The Labute approximate surface area is 122 Å². The maximum absolute atomic E-state index is 5.39. The second kappa shape index (κ2) is 7.04. The molecule has 0 radical (unpaired) electrons. The van der Waals surface area contributed by atoms with Crippen molar-refractivity contribution in [3.05, 3.63) is 22.4 Å². The third-order valence-electron chi connectivity index (χ3n) is 2.53. The van der Waals surface area contributed by atoms with Gasteiger partial charge in [-0.2, -0.15) is 15.0 Å². The predicted octanol–water partition coefficient (Wildman–Crippen LogP) is 2.40. The van der Waals surface area contributed by atoms with Crippen molar-refractivity contribution in [2.75, 3.05) is 30.4 Å². The van der Waals surface area contributed by atoms with Crippen LogP contribution in [0.15, 0.2) is 17.5 Å². The van der Waals surface area contributed by atoms with Crippen LogP contribution in [-0.2, 0) is 6.54 Å². The second-order valence-electron chi connectivity index (χ2n) is 4.14. The molecule has 2 heterocycles. The van der Waals surface area contributed by atoms with Crippen molar-refractivity contribution in [3.8, 4) is 6.01 Å². The summed E-state index contributed by atoms with van der Waals surface area (Å²) in [6.07, 6.45) is 0. The third kappa shape index (κ3) is 3.80. The molecule has 2 rings (SSSR count). The normalized spacial score (nSPS) is 10.3. The molecule has 108 valence electrons. The molecule has 0 aliphatic rings. The number of hydrogen-bond donors (Lipinski definition) is 1. The zero-order valence-corrected chi connectivity index (χ0v) is 12.8. The van der Waals surface area contributed by atoms with Gasteiger partial charge in [-0.25, -0.2) is 0 Å². The molecule has 1 N–H and O–H groups in total. The van der Waals surface area contributed by atoms with Crippen LogP contribution in [0.2, 0.25) is 0 Å². The molecule has 6 nitrogen and oxygen atoms in total. The topological polar surface area (TPSA) is 63.2 Å². The van der Waals surface area contributed by atoms with E-state index in [4.69, 9.17) is 4.74 Å². The maximum atomic E-state index is 5.39. The first-order chi connectivity index (χ1) is 9.72. The smallest absolute Gasteiger partial charge is 0.323 e. The lowest BCUT2D eigenvalue weighted by atomic mass is 10.4. The Morgan fingerprint density at radius 2 is 2.15 bits per heavy atom. The van der Waals surface area contributed by atoms with E-state index in [1.807, 2.05) is 31.9 Å². The number of thiophene rings is 1. The lowest BCUT2D eigenvalue weighted by Gasteiger charge is -2.17. The Hall–Kier alpha value is -1.89. The zero-order valence-electron chi connectivity index (χ0n) is 12.0. The summed E-state index contributed by atoms with van der Waals surface area (Å²) in [5.74, 6) is 1.15. The SMILES string of the molecule is CCNc1nc(OCC)nc(N(C)Cc2cccs2)n1.